The molecular weight excluding hydrogens is 292 g/mol. The Hall–Kier alpha value is -1.44. The van der Waals surface area contributed by atoms with Crippen LogP contribution in [0.2, 0.25) is 0 Å². The van der Waals surface area contributed by atoms with Crippen molar-refractivity contribution in [3.63, 3.8) is 0 Å². The minimum atomic E-state index is -3.67. The van der Waals surface area contributed by atoms with Crippen molar-refractivity contribution in [1.29, 1.82) is 0 Å². The fourth-order valence-electron chi connectivity index (χ4n) is 1.90. The summed E-state index contributed by atoms with van der Waals surface area (Å²) in [7, 11) is -2.27. The van der Waals surface area contributed by atoms with E-state index in [-0.39, 0.29) is 13.1 Å². The first-order chi connectivity index (χ1) is 9.78. The van der Waals surface area contributed by atoms with Crippen molar-refractivity contribution < 1.29 is 18.3 Å². The smallest absolute Gasteiger partial charge is 0.307 e. The fraction of sp³-hybridized carbons (Fsp3) is 0.500. The lowest BCUT2D eigenvalue weighted by atomic mass is 10.2. The molecule has 118 valence electrons. The minimum Gasteiger partial charge on any atom is -0.481 e. The molecular formula is C14H22N2O4S. The lowest BCUT2D eigenvalue weighted by Gasteiger charge is -2.27. The molecule has 1 atom stereocenters. The number of carboxylic acid groups (broad SMARTS) is 1. The van der Waals surface area contributed by atoms with Crippen LogP contribution in [-0.4, -0.2) is 48.2 Å². The van der Waals surface area contributed by atoms with Gasteiger partial charge in [-0.1, -0.05) is 44.2 Å². The molecule has 1 rings (SSSR count). The molecule has 7 heteroatoms. The van der Waals surface area contributed by atoms with E-state index in [9.17, 15) is 13.2 Å². The van der Waals surface area contributed by atoms with Crippen molar-refractivity contribution in [2.45, 2.75) is 20.4 Å². The minimum absolute atomic E-state index is 0.0526. The van der Waals surface area contributed by atoms with Gasteiger partial charge in [-0.05, 0) is 5.56 Å². The SMILES string of the molecule is CCN(Cc1ccccc1)S(=O)(=O)N(C)CC(C)C(=O)O. The second-order valence-corrected chi connectivity index (χ2v) is 6.97. The number of benzene rings is 1. The van der Waals surface area contributed by atoms with Crippen molar-refractivity contribution in [1.82, 2.24) is 8.61 Å². The highest BCUT2D eigenvalue weighted by atomic mass is 32.2. The fourth-order valence-corrected chi connectivity index (χ4v) is 3.34. The Morgan fingerprint density at radius 2 is 1.86 bits per heavy atom. The largest absolute Gasteiger partial charge is 0.481 e. The summed E-state index contributed by atoms with van der Waals surface area (Å²) in [6, 6.07) is 9.29. The highest BCUT2D eigenvalue weighted by Gasteiger charge is 2.28. The van der Waals surface area contributed by atoms with Gasteiger partial charge in [-0.15, -0.1) is 0 Å². The Balaban J connectivity index is 2.84. The van der Waals surface area contributed by atoms with E-state index in [1.165, 1.54) is 18.3 Å². The van der Waals surface area contributed by atoms with Crippen LogP contribution < -0.4 is 0 Å². The van der Waals surface area contributed by atoms with Crippen LogP contribution in [0.1, 0.15) is 19.4 Å². The molecule has 0 bridgehead atoms. The Morgan fingerprint density at radius 3 is 2.33 bits per heavy atom. The molecule has 1 N–H and O–H groups in total. The third-order valence-electron chi connectivity index (χ3n) is 3.23. The third-order valence-corrected chi connectivity index (χ3v) is 5.20. The van der Waals surface area contributed by atoms with Gasteiger partial charge in [-0.25, -0.2) is 0 Å². The van der Waals surface area contributed by atoms with Crippen molar-refractivity contribution in [2.24, 2.45) is 5.92 Å². The lowest BCUT2D eigenvalue weighted by molar-refractivity contribution is -0.141. The number of nitrogens with zero attached hydrogens (tertiary/aromatic N) is 2. The predicted molar refractivity (Wildman–Crippen MR) is 80.9 cm³/mol. The summed E-state index contributed by atoms with van der Waals surface area (Å²) in [5, 5.41) is 8.89. The van der Waals surface area contributed by atoms with Gasteiger partial charge in [0.15, 0.2) is 0 Å². The second-order valence-electron chi connectivity index (χ2n) is 4.94. The summed E-state index contributed by atoms with van der Waals surface area (Å²) in [6.45, 7) is 3.79. The molecule has 0 aliphatic heterocycles. The Bertz CT molecular complexity index is 560. The van der Waals surface area contributed by atoms with Crippen molar-refractivity contribution in [3.8, 4) is 0 Å². The molecule has 0 aliphatic rings. The maximum Gasteiger partial charge on any atom is 0.307 e. The standard InChI is InChI=1S/C14H22N2O4S/c1-4-16(11-13-8-6-5-7-9-13)21(19,20)15(3)10-12(2)14(17)18/h5-9,12H,4,10-11H2,1-3H3,(H,17,18). The van der Waals surface area contributed by atoms with Gasteiger partial charge in [0, 0.05) is 26.7 Å². The molecule has 0 fully saturated rings. The maximum absolute atomic E-state index is 12.5. The molecule has 0 saturated heterocycles. The molecule has 21 heavy (non-hydrogen) atoms. The summed E-state index contributed by atoms with van der Waals surface area (Å²) in [4.78, 5) is 10.9. The first kappa shape index (κ1) is 17.6. The van der Waals surface area contributed by atoms with E-state index in [1.54, 1.807) is 6.92 Å². The van der Waals surface area contributed by atoms with Gasteiger partial charge in [-0.3, -0.25) is 4.79 Å². The molecule has 0 radical (unpaired) electrons. The average molecular weight is 314 g/mol. The van der Waals surface area contributed by atoms with Crippen LogP contribution in [0.4, 0.5) is 0 Å². The second kappa shape index (κ2) is 7.53. The van der Waals surface area contributed by atoms with Gasteiger partial charge < -0.3 is 5.11 Å². The normalized spacial score (nSPS) is 13.6. The van der Waals surface area contributed by atoms with Gasteiger partial charge in [-0.2, -0.15) is 17.0 Å². The number of carbonyl (C=O) groups is 1. The number of hydrogen-bond donors (Lipinski definition) is 1. The van der Waals surface area contributed by atoms with E-state index in [0.717, 1.165) is 9.87 Å². The molecule has 1 aromatic rings. The summed E-state index contributed by atoms with van der Waals surface area (Å²) >= 11 is 0. The quantitative estimate of drug-likeness (QED) is 0.787. The number of rotatable bonds is 8. The van der Waals surface area contributed by atoms with E-state index in [1.807, 2.05) is 30.3 Å². The summed E-state index contributed by atoms with van der Waals surface area (Å²) in [6.07, 6.45) is 0. The van der Waals surface area contributed by atoms with Crippen LogP contribution >= 0.6 is 0 Å². The van der Waals surface area contributed by atoms with Crippen molar-refractivity contribution in [3.05, 3.63) is 35.9 Å². The Kier molecular flexibility index (Phi) is 6.32. The van der Waals surface area contributed by atoms with E-state index in [4.69, 9.17) is 5.11 Å². The topological polar surface area (TPSA) is 77.9 Å². The maximum atomic E-state index is 12.5. The number of hydrogen-bond acceptors (Lipinski definition) is 3. The van der Waals surface area contributed by atoms with Gasteiger partial charge in [0.2, 0.25) is 0 Å². The molecule has 0 spiro atoms. The predicted octanol–water partition coefficient (Wildman–Crippen LogP) is 1.41. The molecule has 0 aliphatic carbocycles. The number of aliphatic carboxylic acids is 1. The van der Waals surface area contributed by atoms with Gasteiger partial charge >= 0.3 is 5.97 Å². The van der Waals surface area contributed by atoms with E-state index in [0.29, 0.717) is 6.54 Å². The van der Waals surface area contributed by atoms with Gasteiger partial charge in [0.25, 0.3) is 10.2 Å². The molecule has 0 heterocycles. The Morgan fingerprint density at radius 1 is 1.29 bits per heavy atom. The Labute approximate surface area is 126 Å². The van der Waals surface area contributed by atoms with Crippen LogP contribution in [0.5, 0.6) is 0 Å². The molecule has 1 unspecified atom stereocenters. The van der Waals surface area contributed by atoms with E-state index in [2.05, 4.69) is 0 Å². The van der Waals surface area contributed by atoms with E-state index < -0.39 is 22.1 Å². The van der Waals surface area contributed by atoms with Crippen LogP contribution in [0, 0.1) is 5.92 Å². The first-order valence-corrected chi connectivity index (χ1v) is 8.16. The molecule has 0 aromatic heterocycles. The summed E-state index contributed by atoms with van der Waals surface area (Å²) in [5.74, 6) is -1.76. The first-order valence-electron chi connectivity index (χ1n) is 6.77. The van der Waals surface area contributed by atoms with Crippen LogP contribution in [-0.2, 0) is 21.5 Å². The van der Waals surface area contributed by atoms with E-state index >= 15 is 0 Å². The third kappa shape index (κ3) is 4.80. The van der Waals surface area contributed by atoms with Crippen molar-refractivity contribution >= 4 is 16.2 Å². The van der Waals surface area contributed by atoms with Gasteiger partial charge in [0.05, 0.1) is 5.92 Å². The van der Waals surface area contributed by atoms with Crippen LogP contribution in [0.25, 0.3) is 0 Å². The van der Waals surface area contributed by atoms with Crippen LogP contribution in [0.15, 0.2) is 30.3 Å². The molecule has 6 nitrogen and oxygen atoms in total. The zero-order chi connectivity index (χ0) is 16.0. The number of carboxylic acids is 1. The molecule has 0 saturated carbocycles. The molecule has 1 aromatic carbocycles. The lowest BCUT2D eigenvalue weighted by Crippen LogP contribution is -2.43. The van der Waals surface area contributed by atoms with Crippen molar-refractivity contribution in [2.75, 3.05) is 20.1 Å². The highest BCUT2D eigenvalue weighted by Crippen LogP contribution is 2.13. The summed E-state index contributed by atoms with van der Waals surface area (Å²) < 4.78 is 27.4. The average Bonchev–Trinajstić information content (AvgIpc) is 2.45. The zero-order valence-electron chi connectivity index (χ0n) is 12.6. The summed E-state index contributed by atoms with van der Waals surface area (Å²) in [5.41, 5.74) is 0.891. The highest BCUT2D eigenvalue weighted by molar-refractivity contribution is 7.86. The van der Waals surface area contributed by atoms with Gasteiger partial charge in [0.1, 0.15) is 0 Å². The monoisotopic (exact) mass is 314 g/mol. The van der Waals surface area contributed by atoms with Crippen LogP contribution in [0.3, 0.4) is 0 Å². The molecule has 0 amide bonds. The zero-order valence-corrected chi connectivity index (χ0v) is 13.4.